The Kier molecular flexibility index (Phi) is 13.8. The Bertz CT molecular complexity index is 2170. The summed E-state index contributed by atoms with van der Waals surface area (Å²) in [4.78, 5) is 17.5. The molecule has 3 aromatic heterocycles. The van der Waals surface area contributed by atoms with Crippen molar-refractivity contribution in [2.24, 2.45) is 0 Å². The third kappa shape index (κ3) is 9.69. The minimum absolute atomic E-state index is 0.137. The van der Waals surface area contributed by atoms with E-state index in [9.17, 15) is 0 Å². The molecular weight excluding hydrogens is 840 g/mol. The van der Waals surface area contributed by atoms with Crippen LogP contribution in [0.1, 0.15) is 48.5 Å². The van der Waals surface area contributed by atoms with Crippen LogP contribution in [0.3, 0.4) is 0 Å². The predicted molar refractivity (Wildman–Crippen MR) is 230 cm³/mol. The first-order chi connectivity index (χ1) is 27.5. The van der Waals surface area contributed by atoms with E-state index < -0.39 is 0 Å². The van der Waals surface area contributed by atoms with Crippen molar-refractivity contribution < 1.29 is 29.2 Å². The van der Waals surface area contributed by atoms with E-state index in [0.717, 1.165) is 100 Å². The number of aromatic nitrogens is 4. The van der Waals surface area contributed by atoms with E-state index in [1.165, 1.54) is 0 Å². The second kappa shape index (κ2) is 19.5. The van der Waals surface area contributed by atoms with Gasteiger partial charge in [-0.2, -0.15) is 0 Å². The monoisotopic (exact) mass is 882 g/mol. The van der Waals surface area contributed by atoms with Gasteiger partial charge in [-0.25, -0.2) is 9.97 Å². The number of hydrogen-bond acceptors (Lipinski definition) is 8. The van der Waals surface area contributed by atoms with Crippen LogP contribution in [0.15, 0.2) is 81.7 Å². The lowest BCUT2D eigenvalue weighted by molar-refractivity contribution is 0.104. The van der Waals surface area contributed by atoms with Gasteiger partial charge in [0.05, 0.1) is 56.0 Å². The standard InChI is InChI=1S/C44H44Br2N4O6/c45-43-37-17-13-33(47-37)41(29-5-9-31(10-6-29)55-27-3-25-53-23-1-21-51)34-14-18-38(48-34)44(46)40-20-16-36(50-40)42(35-15-19-39(43)49-35)30-7-11-32(12-8-30)56-28-4-26-54-24-2-22-52/h5-20,47,50-52H,1-4,21-28H2. The van der Waals surface area contributed by atoms with Crippen LogP contribution in [0.25, 0.3) is 68.6 Å². The summed E-state index contributed by atoms with van der Waals surface area (Å²) in [5.74, 6) is 1.56. The van der Waals surface area contributed by atoms with Crippen LogP contribution in [0.2, 0.25) is 0 Å². The molecule has 0 aliphatic carbocycles. The molecule has 7 rings (SSSR count). The van der Waals surface area contributed by atoms with E-state index in [4.69, 9.17) is 39.1 Å². The van der Waals surface area contributed by atoms with Crippen molar-refractivity contribution in [1.29, 1.82) is 0 Å². The Morgan fingerprint density at radius 3 is 1.23 bits per heavy atom. The molecule has 0 radical (unpaired) electrons. The Hall–Kier alpha value is -4.56. The Morgan fingerprint density at radius 2 is 0.821 bits per heavy atom. The van der Waals surface area contributed by atoms with Crippen molar-refractivity contribution in [2.45, 2.75) is 25.7 Å². The molecular formula is C44H44Br2N4O6. The number of H-pyrrole nitrogens is 2. The maximum atomic E-state index is 8.92. The Morgan fingerprint density at radius 1 is 0.446 bits per heavy atom. The lowest BCUT2D eigenvalue weighted by Crippen LogP contribution is -2.04. The maximum Gasteiger partial charge on any atom is 0.119 e. The summed E-state index contributed by atoms with van der Waals surface area (Å²) in [6.45, 7) is 3.65. The third-order valence-corrected chi connectivity index (χ3v) is 10.9. The molecule has 4 N–H and O–H groups in total. The van der Waals surface area contributed by atoms with E-state index in [-0.39, 0.29) is 13.2 Å². The van der Waals surface area contributed by atoms with Crippen LogP contribution < -0.4 is 9.47 Å². The van der Waals surface area contributed by atoms with Gasteiger partial charge in [-0.15, -0.1) is 0 Å². The molecule has 8 bridgehead atoms. The smallest absolute Gasteiger partial charge is 0.119 e. The summed E-state index contributed by atoms with van der Waals surface area (Å²) < 4.78 is 24.7. The Labute approximate surface area is 342 Å². The molecule has 0 saturated heterocycles. The summed E-state index contributed by atoms with van der Waals surface area (Å²) in [5.41, 5.74) is 10.7. The van der Waals surface area contributed by atoms with Crippen molar-refractivity contribution in [2.75, 3.05) is 52.9 Å². The zero-order chi connectivity index (χ0) is 38.7. The minimum atomic E-state index is 0.137. The van der Waals surface area contributed by atoms with Crippen LogP contribution in [0.4, 0.5) is 0 Å². The summed E-state index contributed by atoms with van der Waals surface area (Å²) in [6, 6.07) is 24.4. The zero-order valence-electron chi connectivity index (χ0n) is 30.9. The number of fused-ring (bicyclic) bond motifs is 8. The average Bonchev–Trinajstić information content (AvgIpc) is 4.07. The summed E-state index contributed by atoms with van der Waals surface area (Å²) in [5, 5.41) is 17.8. The molecule has 0 saturated carbocycles. The molecule has 5 aromatic rings. The van der Waals surface area contributed by atoms with Crippen molar-refractivity contribution >= 4 is 78.2 Å². The van der Waals surface area contributed by atoms with Gasteiger partial charge in [0.1, 0.15) is 11.5 Å². The van der Waals surface area contributed by atoms with Gasteiger partial charge in [0.2, 0.25) is 0 Å². The highest BCUT2D eigenvalue weighted by molar-refractivity contribution is 9.11. The molecule has 0 fully saturated rings. The van der Waals surface area contributed by atoms with E-state index >= 15 is 0 Å². The van der Waals surface area contributed by atoms with Crippen molar-refractivity contribution in [1.82, 2.24) is 19.9 Å². The Balaban J connectivity index is 1.23. The van der Waals surface area contributed by atoms with E-state index in [1.807, 2.05) is 48.6 Å². The average molecular weight is 885 g/mol. The van der Waals surface area contributed by atoms with Crippen molar-refractivity contribution in [3.8, 4) is 33.8 Å². The number of rotatable bonds is 18. The largest absolute Gasteiger partial charge is 0.494 e. The molecule has 2 aliphatic heterocycles. The fraction of sp³-hybridized carbons (Fsp3) is 0.273. The van der Waals surface area contributed by atoms with E-state index in [2.05, 4.69) is 90.4 Å². The van der Waals surface area contributed by atoms with Gasteiger partial charge in [-0.05, 0) is 129 Å². The van der Waals surface area contributed by atoms with Gasteiger partial charge in [0.15, 0.2) is 0 Å². The highest BCUT2D eigenvalue weighted by Gasteiger charge is 2.17. The molecule has 290 valence electrons. The number of nitrogens with zero attached hydrogens (tertiary/aromatic N) is 2. The first-order valence-electron chi connectivity index (χ1n) is 18.8. The lowest BCUT2D eigenvalue weighted by atomic mass is 10.0. The first kappa shape index (κ1) is 39.7. The fourth-order valence-corrected chi connectivity index (χ4v) is 7.32. The van der Waals surface area contributed by atoms with E-state index in [0.29, 0.717) is 52.5 Å². The van der Waals surface area contributed by atoms with Crippen LogP contribution in [-0.4, -0.2) is 83.0 Å². The highest BCUT2D eigenvalue weighted by atomic mass is 79.9. The number of aromatic amines is 2. The van der Waals surface area contributed by atoms with Gasteiger partial charge in [-0.1, -0.05) is 24.3 Å². The third-order valence-electron chi connectivity index (χ3n) is 9.21. The van der Waals surface area contributed by atoms with Crippen LogP contribution >= 0.6 is 31.9 Å². The molecule has 2 aliphatic rings. The number of nitrogens with one attached hydrogen (secondary N) is 2. The number of hydrogen-bond donors (Lipinski definition) is 4. The SMILES string of the molecule is OCCCOCCCOc1ccc(-c2c3nc(c(Br)c4ccc([nH]4)c(-c4ccc(OCCCOCCCO)cc4)c4nc(c(Br)c5ccc2[nH]5)C=C4)C=C3)cc1. The summed E-state index contributed by atoms with van der Waals surface area (Å²) >= 11 is 7.74. The quantitative estimate of drug-likeness (QED) is 0.0626. The molecule has 0 spiro atoms. The van der Waals surface area contributed by atoms with Crippen LogP contribution in [0.5, 0.6) is 11.5 Å². The van der Waals surface area contributed by atoms with Crippen molar-refractivity contribution in [3.05, 3.63) is 105 Å². The second-order valence-corrected chi connectivity index (χ2v) is 14.8. The molecule has 5 heterocycles. The predicted octanol–water partition coefficient (Wildman–Crippen LogP) is 9.85. The zero-order valence-corrected chi connectivity index (χ0v) is 34.1. The normalized spacial score (nSPS) is 12.1. The summed E-state index contributed by atoms with van der Waals surface area (Å²) in [7, 11) is 0. The molecule has 12 heteroatoms. The van der Waals surface area contributed by atoms with Crippen molar-refractivity contribution in [3.63, 3.8) is 0 Å². The second-order valence-electron chi connectivity index (χ2n) is 13.2. The molecule has 0 atom stereocenters. The van der Waals surface area contributed by atoms with Gasteiger partial charge in [0, 0.05) is 74.6 Å². The molecule has 10 nitrogen and oxygen atoms in total. The molecule has 2 aromatic carbocycles. The maximum absolute atomic E-state index is 8.92. The van der Waals surface area contributed by atoms with Gasteiger partial charge < -0.3 is 39.1 Å². The number of aliphatic hydroxyl groups is 2. The number of ether oxygens (including phenoxy) is 4. The van der Waals surface area contributed by atoms with Crippen LogP contribution in [0, 0.1) is 0 Å². The summed E-state index contributed by atoms with van der Waals surface area (Å²) in [6.07, 6.45) is 11.0. The van der Waals surface area contributed by atoms with E-state index in [1.54, 1.807) is 0 Å². The fourth-order valence-electron chi connectivity index (χ4n) is 6.42. The molecule has 0 unspecified atom stereocenters. The molecule has 0 amide bonds. The topological polar surface area (TPSA) is 135 Å². The minimum Gasteiger partial charge on any atom is -0.494 e. The first-order valence-corrected chi connectivity index (χ1v) is 20.4. The van der Waals surface area contributed by atoms with Crippen LogP contribution in [-0.2, 0) is 9.47 Å². The van der Waals surface area contributed by atoms with Gasteiger partial charge in [-0.3, -0.25) is 0 Å². The number of halogens is 2. The number of benzene rings is 2. The number of aliphatic hydroxyl groups excluding tert-OH is 2. The highest BCUT2D eigenvalue weighted by Crippen LogP contribution is 2.37. The lowest BCUT2D eigenvalue weighted by Gasteiger charge is -2.09. The van der Waals surface area contributed by atoms with Gasteiger partial charge >= 0.3 is 0 Å². The molecule has 56 heavy (non-hydrogen) atoms. The van der Waals surface area contributed by atoms with Gasteiger partial charge in [0.25, 0.3) is 0 Å².